The molecule has 0 spiro atoms. The van der Waals surface area contributed by atoms with Gasteiger partial charge in [0.25, 0.3) is 11.6 Å². The van der Waals surface area contributed by atoms with Crippen molar-refractivity contribution in [1.29, 1.82) is 0 Å². The lowest BCUT2D eigenvalue weighted by molar-refractivity contribution is -0.385. The summed E-state index contributed by atoms with van der Waals surface area (Å²) in [6.45, 7) is 2.26. The van der Waals surface area contributed by atoms with Crippen LogP contribution in [0.4, 0.5) is 17.1 Å². The molecule has 7 nitrogen and oxygen atoms in total. The van der Waals surface area contributed by atoms with Crippen LogP contribution in [0.25, 0.3) is 0 Å². The molecule has 0 aromatic heterocycles. The van der Waals surface area contributed by atoms with Gasteiger partial charge in [-0.05, 0) is 56.4 Å². The van der Waals surface area contributed by atoms with Crippen LogP contribution >= 0.6 is 0 Å². The monoisotopic (exact) mass is 379 g/mol. The number of nitro benzene ring substituents is 1. The predicted molar refractivity (Wildman–Crippen MR) is 106 cm³/mol. The average molecular weight is 379 g/mol. The Hall–Kier alpha value is -3.22. The van der Waals surface area contributed by atoms with Crippen LogP contribution in [0.2, 0.25) is 0 Å². The van der Waals surface area contributed by atoms with E-state index in [9.17, 15) is 19.7 Å². The third kappa shape index (κ3) is 3.35. The van der Waals surface area contributed by atoms with Crippen LogP contribution in [0, 0.1) is 23.0 Å². The minimum absolute atomic E-state index is 0.0840. The lowest BCUT2D eigenvalue weighted by atomic mass is 10.00. The van der Waals surface area contributed by atoms with Gasteiger partial charge in [-0.2, -0.15) is 0 Å². The number of benzene rings is 2. The molecule has 1 saturated carbocycles. The molecule has 0 atom stereocenters. The van der Waals surface area contributed by atoms with Crippen LogP contribution in [0.3, 0.4) is 0 Å². The van der Waals surface area contributed by atoms with E-state index in [1.54, 1.807) is 13.0 Å². The number of carbonyl (C=O) groups is 2. The molecule has 1 N–H and O–H groups in total. The van der Waals surface area contributed by atoms with Gasteiger partial charge in [0.1, 0.15) is 0 Å². The summed E-state index contributed by atoms with van der Waals surface area (Å²) in [5.41, 5.74) is 3.04. The van der Waals surface area contributed by atoms with E-state index in [-0.39, 0.29) is 23.1 Å². The topological polar surface area (TPSA) is 92.6 Å². The van der Waals surface area contributed by atoms with Crippen molar-refractivity contribution in [3.63, 3.8) is 0 Å². The van der Waals surface area contributed by atoms with Gasteiger partial charge in [0.2, 0.25) is 5.91 Å². The molecular weight excluding hydrogens is 358 g/mol. The summed E-state index contributed by atoms with van der Waals surface area (Å²) in [4.78, 5) is 37.8. The number of fused-ring (bicyclic) bond motifs is 1. The van der Waals surface area contributed by atoms with Gasteiger partial charge in [0.05, 0.1) is 4.92 Å². The summed E-state index contributed by atoms with van der Waals surface area (Å²) in [6.07, 6.45) is 3.74. The van der Waals surface area contributed by atoms with E-state index in [2.05, 4.69) is 5.32 Å². The fourth-order valence-corrected chi connectivity index (χ4v) is 3.70. The molecule has 1 aliphatic carbocycles. The van der Waals surface area contributed by atoms with Crippen molar-refractivity contribution < 1.29 is 14.5 Å². The van der Waals surface area contributed by atoms with Gasteiger partial charge in [-0.3, -0.25) is 19.7 Å². The first kappa shape index (κ1) is 18.2. The van der Waals surface area contributed by atoms with Gasteiger partial charge in [-0.1, -0.05) is 12.1 Å². The van der Waals surface area contributed by atoms with Crippen LogP contribution in [-0.4, -0.2) is 23.3 Å². The second-order valence-electron chi connectivity index (χ2n) is 7.37. The molecule has 0 saturated heterocycles. The molecule has 2 aliphatic rings. The van der Waals surface area contributed by atoms with Crippen molar-refractivity contribution in [1.82, 2.24) is 0 Å². The number of anilines is 2. The molecule has 0 radical (unpaired) electrons. The fraction of sp³-hybridized carbons (Fsp3) is 0.333. The van der Waals surface area contributed by atoms with Crippen LogP contribution < -0.4 is 10.2 Å². The van der Waals surface area contributed by atoms with E-state index in [0.717, 1.165) is 36.9 Å². The molecule has 0 bridgehead atoms. The zero-order valence-corrected chi connectivity index (χ0v) is 15.6. The maximum absolute atomic E-state index is 12.7. The zero-order chi connectivity index (χ0) is 19.8. The normalized spacial score (nSPS) is 15.7. The van der Waals surface area contributed by atoms with E-state index in [1.807, 2.05) is 23.1 Å². The van der Waals surface area contributed by atoms with Crippen LogP contribution in [0.1, 0.15) is 40.7 Å². The van der Waals surface area contributed by atoms with Gasteiger partial charge in [0, 0.05) is 41.0 Å². The van der Waals surface area contributed by atoms with E-state index < -0.39 is 10.8 Å². The molecule has 28 heavy (non-hydrogen) atoms. The highest BCUT2D eigenvalue weighted by Crippen LogP contribution is 2.37. The van der Waals surface area contributed by atoms with E-state index >= 15 is 0 Å². The summed E-state index contributed by atoms with van der Waals surface area (Å²) >= 11 is 0. The quantitative estimate of drug-likeness (QED) is 0.645. The molecule has 2 aromatic rings. The number of carbonyl (C=O) groups excluding carboxylic acids is 2. The number of amides is 2. The maximum Gasteiger partial charge on any atom is 0.273 e. The van der Waals surface area contributed by atoms with Gasteiger partial charge < -0.3 is 10.2 Å². The Balaban J connectivity index is 1.60. The van der Waals surface area contributed by atoms with Crippen molar-refractivity contribution >= 4 is 28.9 Å². The largest absolute Gasteiger partial charge is 0.322 e. The number of nitrogens with one attached hydrogen (secondary N) is 1. The number of rotatable bonds is 4. The molecule has 2 aromatic carbocycles. The molecule has 0 unspecified atom stereocenters. The number of nitro groups is 1. The van der Waals surface area contributed by atoms with Gasteiger partial charge in [-0.25, -0.2) is 0 Å². The SMILES string of the molecule is Cc1c(C(=O)Nc2ccc3c(c2)N(C(=O)C2CC2)CCC3)cccc1[N+](=O)[O-]. The van der Waals surface area contributed by atoms with Crippen LogP contribution in [0.15, 0.2) is 36.4 Å². The third-order valence-corrected chi connectivity index (χ3v) is 5.40. The molecule has 1 aliphatic heterocycles. The predicted octanol–water partition coefficient (Wildman–Crippen LogP) is 3.84. The van der Waals surface area contributed by atoms with Gasteiger partial charge >= 0.3 is 0 Å². The van der Waals surface area contributed by atoms with Crippen LogP contribution in [0.5, 0.6) is 0 Å². The second-order valence-corrected chi connectivity index (χ2v) is 7.37. The lowest BCUT2D eigenvalue weighted by Gasteiger charge is -2.30. The molecular formula is C21H21N3O4. The second kappa shape index (κ2) is 7.07. The van der Waals surface area contributed by atoms with E-state index in [1.165, 1.54) is 12.1 Å². The van der Waals surface area contributed by atoms with Gasteiger partial charge in [-0.15, -0.1) is 0 Å². The molecule has 144 valence electrons. The summed E-state index contributed by atoms with van der Waals surface area (Å²) in [5, 5.41) is 13.9. The smallest absolute Gasteiger partial charge is 0.273 e. The Kier molecular flexibility index (Phi) is 4.58. The van der Waals surface area contributed by atoms with Crippen molar-refractivity contribution in [2.75, 3.05) is 16.8 Å². The molecule has 7 heteroatoms. The molecule has 1 heterocycles. The summed E-state index contributed by atoms with van der Waals surface area (Å²) < 4.78 is 0. The number of hydrogen-bond donors (Lipinski definition) is 1. The Morgan fingerprint density at radius 1 is 1.21 bits per heavy atom. The Morgan fingerprint density at radius 2 is 2.00 bits per heavy atom. The number of aryl methyl sites for hydroxylation is 1. The highest BCUT2D eigenvalue weighted by atomic mass is 16.6. The third-order valence-electron chi connectivity index (χ3n) is 5.40. The molecule has 1 fully saturated rings. The zero-order valence-electron chi connectivity index (χ0n) is 15.6. The highest BCUT2D eigenvalue weighted by Gasteiger charge is 2.35. The number of nitrogens with zero attached hydrogens (tertiary/aromatic N) is 2. The Bertz CT molecular complexity index is 982. The number of hydrogen-bond acceptors (Lipinski definition) is 4. The van der Waals surface area contributed by atoms with E-state index in [4.69, 9.17) is 0 Å². The lowest BCUT2D eigenvalue weighted by Crippen LogP contribution is -2.36. The standard InChI is InChI=1S/C21H21N3O4/c1-13-17(5-2-6-18(13)24(27)28)20(25)22-16-10-9-14-4-3-11-23(19(14)12-16)21(26)15-7-8-15/h2,5-6,9-10,12,15H,3-4,7-8,11H2,1H3,(H,22,25). The van der Waals surface area contributed by atoms with Crippen molar-refractivity contribution in [2.45, 2.75) is 32.6 Å². The van der Waals surface area contributed by atoms with Crippen molar-refractivity contribution in [3.05, 3.63) is 63.2 Å². The average Bonchev–Trinajstić information content (AvgIpc) is 3.52. The van der Waals surface area contributed by atoms with Crippen molar-refractivity contribution in [3.8, 4) is 0 Å². The maximum atomic E-state index is 12.7. The summed E-state index contributed by atoms with van der Waals surface area (Å²) in [6, 6.07) is 10.0. The first-order chi connectivity index (χ1) is 13.5. The minimum Gasteiger partial charge on any atom is -0.322 e. The minimum atomic E-state index is -0.494. The summed E-state index contributed by atoms with van der Waals surface area (Å²) in [7, 11) is 0. The first-order valence-electron chi connectivity index (χ1n) is 9.45. The molecule has 2 amide bonds. The van der Waals surface area contributed by atoms with Gasteiger partial charge in [0.15, 0.2) is 0 Å². The summed E-state index contributed by atoms with van der Waals surface area (Å²) in [5.74, 6) is -0.104. The fourth-order valence-electron chi connectivity index (χ4n) is 3.70. The highest BCUT2D eigenvalue weighted by molar-refractivity contribution is 6.06. The Morgan fingerprint density at radius 3 is 2.71 bits per heavy atom. The Labute approximate surface area is 162 Å². The van der Waals surface area contributed by atoms with E-state index in [0.29, 0.717) is 17.8 Å². The van der Waals surface area contributed by atoms with Crippen molar-refractivity contribution in [2.24, 2.45) is 5.92 Å². The van der Waals surface area contributed by atoms with Crippen LogP contribution in [-0.2, 0) is 11.2 Å². The molecule has 4 rings (SSSR count). The first-order valence-corrected chi connectivity index (χ1v) is 9.45.